The Morgan fingerprint density at radius 1 is 1.44 bits per heavy atom. The van der Waals surface area contributed by atoms with Crippen molar-refractivity contribution in [3.8, 4) is 0 Å². The average molecular weight is 247 g/mol. The summed E-state index contributed by atoms with van der Waals surface area (Å²) in [6.45, 7) is 2.49. The van der Waals surface area contributed by atoms with Crippen molar-refractivity contribution >= 4 is 5.97 Å². The van der Waals surface area contributed by atoms with Crippen LogP contribution in [0.15, 0.2) is 24.3 Å². The van der Waals surface area contributed by atoms with Gasteiger partial charge in [-0.25, -0.2) is 0 Å². The van der Waals surface area contributed by atoms with Crippen LogP contribution in [-0.4, -0.2) is 48.3 Å². The minimum atomic E-state index is -0.776. The lowest BCUT2D eigenvalue weighted by atomic mass is 9.77. The van der Waals surface area contributed by atoms with Gasteiger partial charge in [-0.05, 0) is 17.5 Å². The van der Waals surface area contributed by atoms with E-state index < -0.39 is 12.0 Å². The summed E-state index contributed by atoms with van der Waals surface area (Å²) in [5, 5.41) is 9.19. The standard InChI is InChI=1S/C14H17NO3/c16-14(17)13-9-18-6-5-15(13)8-11-7-10-3-1-2-4-12(10)11/h1-4,11,13H,5-9H2,(H,16,17). The lowest BCUT2D eigenvalue weighted by molar-refractivity contribution is -0.149. The van der Waals surface area contributed by atoms with E-state index in [1.54, 1.807) is 0 Å². The summed E-state index contributed by atoms with van der Waals surface area (Å²) in [5.41, 5.74) is 2.79. The first kappa shape index (κ1) is 11.7. The molecule has 1 aromatic rings. The van der Waals surface area contributed by atoms with E-state index in [2.05, 4.69) is 24.3 Å². The van der Waals surface area contributed by atoms with Crippen LogP contribution in [0, 0.1) is 0 Å². The molecular weight excluding hydrogens is 230 g/mol. The molecule has 4 nitrogen and oxygen atoms in total. The van der Waals surface area contributed by atoms with E-state index >= 15 is 0 Å². The van der Waals surface area contributed by atoms with Crippen molar-refractivity contribution in [2.75, 3.05) is 26.3 Å². The highest BCUT2D eigenvalue weighted by atomic mass is 16.5. The van der Waals surface area contributed by atoms with Crippen molar-refractivity contribution in [1.82, 2.24) is 4.90 Å². The van der Waals surface area contributed by atoms with Crippen molar-refractivity contribution in [3.63, 3.8) is 0 Å². The number of hydrogen-bond acceptors (Lipinski definition) is 3. The molecule has 0 saturated carbocycles. The number of hydrogen-bond donors (Lipinski definition) is 1. The summed E-state index contributed by atoms with van der Waals surface area (Å²) in [7, 11) is 0. The number of rotatable bonds is 3. The van der Waals surface area contributed by atoms with E-state index in [-0.39, 0.29) is 0 Å². The molecule has 1 heterocycles. The van der Waals surface area contributed by atoms with Crippen molar-refractivity contribution in [3.05, 3.63) is 35.4 Å². The number of carboxylic acids is 1. The fraction of sp³-hybridized carbons (Fsp3) is 0.500. The average Bonchev–Trinajstić information content (AvgIpc) is 2.36. The molecule has 1 saturated heterocycles. The Hall–Kier alpha value is -1.39. The second-order valence-corrected chi connectivity index (χ2v) is 5.02. The van der Waals surface area contributed by atoms with Gasteiger partial charge in [-0.3, -0.25) is 9.69 Å². The van der Waals surface area contributed by atoms with E-state index in [1.807, 2.05) is 4.90 Å². The molecule has 0 aromatic heterocycles. The number of aliphatic carboxylic acids is 1. The Morgan fingerprint density at radius 2 is 2.28 bits per heavy atom. The third-order valence-corrected chi connectivity index (χ3v) is 3.94. The fourth-order valence-electron chi connectivity index (χ4n) is 2.89. The minimum absolute atomic E-state index is 0.309. The second kappa shape index (κ2) is 4.71. The first-order chi connectivity index (χ1) is 8.75. The quantitative estimate of drug-likeness (QED) is 0.869. The van der Waals surface area contributed by atoms with Gasteiger partial charge in [-0.2, -0.15) is 0 Å². The van der Waals surface area contributed by atoms with Crippen molar-refractivity contribution in [1.29, 1.82) is 0 Å². The topological polar surface area (TPSA) is 49.8 Å². The first-order valence-corrected chi connectivity index (χ1v) is 6.38. The molecule has 3 rings (SSSR count). The molecule has 18 heavy (non-hydrogen) atoms. The summed E-state index contributed by atoms with van der Waals surface area (Å²) in [4.78, 5) is 13.2. The third kappa shape index (κ3) is 2.02. The predicted octanol–water partition coefficient (Wildman–Crippen LogP) is 1.11. The van der Waals surface area contributed by atoms with Gasteiger partial charge in [-0.15, -0.1) is 0 Å². The Bertz CT molecular complexity index is 460. The molecule has 0 radical (unpaired) electrons. The highest BCUT2D eigenvalue weighted by Crippen LogP contribution is 2.35. The Balaban J connectivity index is 1.68. The van der Waals surface area contributed by atoms with Crippen LogP contribution in [0.1, 0.15) is 17.0 Å². The molecular formula is C14H17NO3. The Kier molecular flexibility index (Phi) is 3.06. The molecule has 1 aromatic carbocycles. The zero-order chi connectivity index (χ0) is 12.5. The smallest absolute Gasteiger partial charge is 0.323 e. The summed E-state index contributed by atoms with van der Waals surface area (Å²) in [6, 6.07) is 7.94. The van der Waals surface area contributed by atoms with Gasteiger partial charge in [0.15, 0.2) is 0 Å². The molecule has 0 bridgehead atoms. The number of benzene rings is 1. The molecule has 2 atom stereocenters. The molecule has 1 aliphatic heterocycles. The van der Waals surface area contributed by atoms with Gasteiger partial charge in [-0.1, -0.05) is 24.3 Å². The van der Waals surface area contributed by atoms with Gasteiger partial charge in [0.1, 0.15) is 6.04 Å². The number of ether oxygens (including phenoxy) is 1. The summed E-state index contributed by atoms with van der Waals surface area (Å²) in [5.74, 6) is -0.288. The Labute approximate surface area is 106 Å². The highest BCUT2D eigenvalue weighted by Gasteiger charge is 2.34. The first-order valence-electron chi connectivity index (χ1n) is 6.38. The van der Waals surface area contributed by atoms with Crippen LogP contribution in [-0.2, 0) is 16.0 Å². The largest absolute Gasteiger partial charge is 0.480 e. The summed E-state index contributed by atoms with van der Waals surface area (Å²) >= 11 is 0. The summed E-state index contributed by atoms with van der Waals surface area (Å²) in [6.07, 6.45) is 1.07. The Morgan fingerprint density at radius 3 is 3.06 bits per heavy atom. The molecule has 96 valence electrons. The normalized spacial score (nSPS) is 27.3. The van der Waals surface area contributed by atoms with Crippen LogP contribution in [0.3, 0.4) is 0 Å². The molecule has 1 fully saturated rings. The zero-order valence-corrected chi connectivity index (χ0v) is 10.2. The maximum absolute atomic E-state index is 11.2. The van der Waals surface area contributed by atoms with E-state index in [4.69, 9.17) is 4.74 Å². The van der Waals surface area contributed by atoms with E-state index in [0.29, 0.717) is 19.1 Å². The second-order valence-electron chi connectivity index (χ2n) is 5.02. The monoisotopic (exact) mass is 247 g/mol. The minimum Gasteiger partial charge on any atom is -0.480 e. The summed E-state index contributed by atoms with van der Waals surface area (Å²) < 4.78 is 5.25. The third-order valence-electron chi connectivity index (χ3n) is 3.94. The number of morpholine rings is 1. The number of carboxylic acid groups (broad SMARTS) is 1. The van der Waals surface area contributed by atoms with Crippen LogP contribution in [0.2, 0.25) is 0 Å². The lowest BCUT2D eigenvalue weighted by Gasteiger charge is -2.39. The van der Waals surface area contributed by atoms with Crippen molar-refractivity contribution in [2.45, 2.75) is 18.4 Å². The van der Waals surface area contributed by atoms with Crippen LogP contribution in [0.25, 0.3) is 0 Å². The molecule has 2 aliphatic rings. The maximum Gasteiger partial charge on any atom is 0.323 e. The molecule has 1 aliphatic carbocycles. The van der Waals surface area contributed by atoms with Gasteiger partial charge in [0.05, 0.1) is 13.2 Å². The zero-order valence-electron chi connectivity index (χ0n) is 10.2. The molecule has 0 spiro atoms. The van der Waals surface area contributed by atoms with E-state index in [9.17, 15) is 9.90 Å². The number of nitrogens with zero attached hydrogens (tertiary/aromatic N) is 1. The number of fused-ring (bicyclic) bond motifs is 1. The lowest BCUT2D eigenvalue weighted by Crippen LogP contribution is -2.51. The molecule has 1 N–H and O–H groups in total. The highest BCUT2D eigenvalue weighted by molar-refractivity contribution is 5.73. The van der Waals surface area contributed by atoms with Gasteiger partial charge in [0.2, 0.25) is 0 Å². The van der Waals surface area contributed by atoms with Crippen LogP contribution in [0.4, 0.5) is 0 Å². The van der Waals surface area contributed by atoms with E-state index in [1.165, 1.54) is 11.1 Å². The van der Waals surface area contributed by atoms with Crippen LogP contribution >= 0.6 is 0 Å². The van der Waals surface area contributed by atoms with Gasteiger partial charge < -0.3 is 9.84 Å². The van der Waals surface area contributed by atoms with Crippen LogP contribution in [0.5, 0.6) is 0 Å². The van der Waals surface area contributed by atoms with Crippen molar-refractivity contribution < 1.29 is 14.6 Å². The predicted molar refractivity (Wildman–Crippen MR) is 66.7 cm³/mol. The van der Waals surface area contributed by atoms with Crippen LogP contribution < -0.4 is 0 Å². The fourth-order valence-corrected chi connectivity index (χ4v) is 2.89. The SMILES string of the molecule is O=C(O)C1COCCN1CC1Cc2ccccc21. The molecule has 4 heteroatoms. The van der Waals surface area contributed by atoms with E-state index in [0.717, 1.165) is 19.5 Å². The molecule has 2 unspecified atom stereocenters. The van der Waals surface area contributed by atoms with Crippen molar-refractivity contribution in [2.24, 2.45) is 0 Å². The molecule has 0 amide bonds. The van der Waals surface area contributed by atoms with Gasteiger partial charge in [0.25, 0.3) is 0 Å². The van der Waals surface area contributed by atoms with Gasteiger partial charge >= 0.3 is 5.97 Å². The maximum atomic E-state index is 11.2. The number of carbonyl (C=O) groups is 1. The van der Waals surface area contributed by atoms with Gasteiger partial charge in [0, 0.05) is 19.0 Å².